The van der Waals surface area contributed by atoms with Crippen LogP contribution in [0, 0.1) is 6.57 Å². The summed E-state index contributed by atoms with van der Waals surface area (Å²) >= 11 is 0. The van der Waals surface area contributed by atoms with Crippen molar-refractivity contribution in [2.45, 2.75) is 35.2 Å². The number of halogens is 3. The Labute approximate surface area is 248 Å². The van der Waals surface area contributed by atoms with Gasteiger partial charge < -0.3 is 10.1 Å². The summed E-state index contributed by atoms with van der Waals surface area (Å²) in [6.45, 7) is 7.34. The maximum atomic E-state index is 13.3. The highest BCUT2D eigenvalue weighted by atomic mass is 32.2. The van der Waals surface area contributed by atoms with Crippen molar-refractivity contribution in [2.24, 2.45) is 0 Å². The quantitative estimate of drug-likeness (QED) is 0.218. The minimum atomic E-state index is -5.08. The van der Waals surface area contributed by atoms with Crippen molar-refractivity contribution in [1.29, 1.82) is 0 Å². The normalized spacial score (nSPS) is 16.8. The van der Waals surface area contributed by atoms with Gasteiger partial charge in [0.25, 0.3) is 0 Å². The standard InChI is InChI=1S/C25H21N5O5S2.C2HF3O2/c1-26-20-8-4-5-9-22(20)36(32,33)29-21(25-27-18-6-2-3-7-19(18)28-25)14-16-10-12-17(13-11-16)23-15-24(31)30-37(23,34)35;3-2(4,5)1(6)7/h2-13,21,23,29H,14-15H2,(H,27,28)(H,30,31);(H,6,7)/t21-,23?;/m0./s1. The average Bonchev–Trinajstić information content (AvgIpc) is 3.52. The summed E-state index contributed by atoms with van der Waals surface area (Å²) in [5.41, 5.74) is 2.59. The lowest BCUT2D eigenvalue weighted by Crippen LogP contribution is -2.31. The Balaban J connectivity index is 0.000000566. The number of aliphatic carboxylic acids is 1. The number of H-pyrrole nitrogens is 1. The number of benzene rings is 3. The first-order chi connectivity index (χ1) is 20.6. The van der Waals surface area contributed by atoms with E-state index >= 15 is 0 Å². The fourth-order valence-electron chi connectivity index (χ4n) is 4.31. The second kappa shape index (κ2) is 12.4. The van der Waals surface area contributed by atoms with Crippen molar-refractivity contribution >= 4 is 48.6 Å². The molecule has 1 aliphatic rings. The number of nitrogens with zero attached hydrogens (tertiary/aromatic N) is 2. The number of alkyl halides is 3. The number of imidazole rings is 1. The van der Waals surface area contributed by atoms with Crippen molar-refractivity contribution < 1.29 is 44.7 Å². The third-order valence-electron chi connectivity index (χ3n) is 6.35. The molecular weight excluding hydrogens is 627 g/mol. The third kappa shape index (κ3) is 7.40. The topological polar surface area (TPSA) is 180 Å². The molecule has 17 heteroatoms. The molecule has 230 valence electrons. The van der Waals surface area contributed by atoms with Crippen LogP contribution in [-0.2, 0) is 36.1 Å². The highest BCUT2D eigenvalue weighted by molar-refractivity contribution is 7.90. The Kier molecular flexibility index (Phi) is 9.09. The predicted molar refractivity (Wildman–Crippen MR) is 150 cm³/mol. The van der Waals surface area contributed by atoms with E-state index in [2.05, 4.69) is 19.5 Å². The number of sulfonamides is 2. The zero-order chi connectivity index (χ0) is 32.3. The predicted octanol–water partition coefficient (Wildman–Crippen LogP) is 3.90. The average molecular weight is 650 g/mol. The van der Waals surface area contributed by atoms with Crippen LogP contribution in [0.25, 0.3) is 15.9 Å². The molecule has 2 atom stereocenters. The van der Waals surface area contributed by atoms with Crippen LogP contribution in [0.4, 0.5) is 18.9 Å². The number of rotatable bonds is 7. The van der Waals surface area contributed by atoms with E-state index in [-0.39, 0.29) is 23.4 Å². The molecule has 4 aromatic rings. The molecule has 3 aromatic carbocycles. The Bertz CT molecular complexity index is 1940. The lowest BCUT2D eigenvalue weighted by atomic mass is 10.0. The van der Waals surface area contributed by atoms with Gasteiger partial charge in [0.1, 0.15) is 11.1 Å². The molecule has 2 heterocycles. The first kappa shape index (κ1) is 32.1. The number of aromatic amines is 1. The van der Waals surface area contributed by atoms with Gasteiger partial charge >= 0.3 is 12.1 Å². The third-order valence-corrected chi connectivity index (χ3v) is 9.56. The summed E-state index contributed by atoms with van der Waals surface area (Å²) < 4.78 is 87.5. The minimum absolute atomic E-state index is 0.00337. The summed E-state index contributed by atoms with van der Waals surface area (Å²) in [6.07, 6.45) is -5.04. The van der Waals surface area contributed by atoms with Crippen LogP contribution in [0.3, 0.4) is 0 Å². The smallest absolute Gasteiger partial charge is 0.475 e. The maximum absolute atomic E-state index is 13.3. The number of aromatic nitrogens is 2. The monoisotopic (exact) mass is 649 g/mol. The van der Waals surface area contributed by atoms with Crippen LogP contribution < -0.4 is 9.44 Å². The van der Waals surface area contributed by atoms with Gasteiger partial charge in [0.15, 0.2) is 0 Å². The molecule has 0 radical (unpaired) electrons. The Hall–Kier alpha value is -4.79. The highest BCUT2D eigenvalue weighted by Crippen LogP contribution is 2.31. The SMILES string of the molecule is O=C(O)C(F)(F)F.[C-]#[N+]c1ccccc1S(=O)(=O)N[C@@H](Cc1ccc(C2CC(=O)NS2(=O)=O)cc1)c1nc2ccccc2[nH]1. The minimum Gasteiger partial charge on any atom is -0.475 e. The van der Waals surface area contributed by atoms with Crippen LogP contribution >= 0.6 is 0 Å². The van der Waals surface area contributed by atoms with Crippen LogP contribution in [0.15, 0.2) is 77.7 Å². The van der Waals surface area contributed by atoms with E-state index in [1.54, 1.807) is 42.5 Å². The number of carbonyl (C=O) groups excluding carboxylic acids is 1. The Morgan fingerprint density at radius 3 is 2.27 bits per heavy atom. The van der Waals surface area contributed by atoms with Gasteiger partial charge in [0.05, 0.1) is 35.0 Å². The van der Waals surface area contributed by atoms with Gasteiger partial charge in [-0.25, -0.2) is 36.2 Å². The van der Waals surface area contributed by atoms with Crippen LogP contribution in [0.2, 0.25) is 0 Å². The van der Waals surface area contributed by atoms with Gasteiger partial charge in [0.2, 0.25) is 31.6 Å². The molecule has 12 nitrogen and oxygen atoms in total. The van der Waals surface area contributed by atoms with Gasteiger partial charge in [-0.05, 0) is 29.7 Å². The lowest BCUT2D eigenvalue weighted by molar-refractivity contribution is -0.192. The molecule has 0 bridgehead atoms. The fraction of sp³-hybridized carbons (Fsp3) is 0.185. The second-order valence-electron chi connectivity index (χ2n) is 9.40. The van der Waals surface area contributed by atoms with Gasteiger partial charge in [-0.15, -0.1) is 0 Å². The molecule has 1 aliphatic heterocycles. The lowest BCUT2D eigenvalue weighted by Gasteiger charge is -2.18. The van der Waals surface area contributed by atoms with Gasteiger partial charge in [-0.2, -0.15) is 13.2 Å². The molecule has 0 saturated carbocycles. The number of fused-ring (bicyclic) bond motifs is 1. The molecule has 0 aliphatic carbocycles. The first-order valence-electron chi connectivity index (χ1n) is 12.5. The summed E-state index contributed by atoms with van der Waals surface area (Å²) in [4.78, 5) is 31.4. The van der Waals surface area contributed by atoms with E-state index in [0.29, 0.717) is 22.5 Å². The van der Waals surface area contributed by atoms with E-state index in [9.17, 15) is 34.8 Å². The molecule has 4 N–H and O–H groups in total. The Morgan fingerprint density at radius 1 is 1.09 bits per heavy atom. The highest BCUT2D eigenvalue weighted by Gasteiger charge is 2.39. The molecule has 44 heavy (non-hydrogen) atoms. The number of hydrogen-bond acceptors (Lipinski definition) is 7. The molecule has 1 unspecified atom stereocenters. The number of carboxylic acid groups (broad SMARTS) is 1. The largest absolute Gasteiger partial charge is 0.490 e. The molecule has 1 saturated heterocycles. The van der Waals surface area contributed by atoms with Gasteiger partial charge in [-0.3, -0.25) is 9.52 Å². The van der Waals surface area contributed by atoms with E-state index < -0.39 is 49.4 Å². The van der Waals surface area contributed by atoms with E-state index in [0.717, 1.165) is 5.52 Å². The molecule has 5 rings (SSSR count). The zero-order valence-corrected chi connectivity index (χ0v) is 23.9. The number of amides is 1. The van der Waals surface area contributed by atoms with Crippen LogP contribution in [-0.4, -0.2) is 50.0 Å². The summed E-state index contributed by atoms with van der Waals surface area (Å²) in [7, 11) is -7.87. The molecule has 0 spiro atoms. The van der Waals surface area contributed by atoms with Crippen molar-refractivity contribution in [3.8, 4) is 0 Å². The second-order valence-corrected chi connectivity index (χ2v) is 12.9. The molecule has 1 amide bonds. The van der Waals surface area contributed by atoms with Crippen molar-refractivity contribution in [3.05, 3.63) is 101 Å². The van der Waals surface area contributed by atoms with E-state index in [1.165, 1.54) is 12.1 Å². The zero-order valence-electron chi connectivity index (χ0n) is 22.2. The number of hydrogen-bond donors (Lipinski definition) is 4. The number of para-hydroxylation sites is 3. The molecule has 1 fully saturated rings. The number of carbonyl (C=O) groups is 2. The fourth-order valence-corrected chi connectivity index (χ4v) is 7.08. The van der Waals surface area contributed by atoms with Crippen molar-refractivity contribution in [3.63, 3.8) is 0 Å². The summed E-state index contributed by atoms with van der Waals surface area (Å²) in [5.74, 6) is -2.91. The number of carboxylic acids is 1. The Morgan fingerprint density at radius 2 is 1.70 bits per heavy atom. The van der Waals surface area contributed by atoms with Crippen LogP contribution in [0.5, 0.6) is 0 Å². The summed E-state index contributed by atoms with van der Waals surface area (Å²) in [6, 6.07) is 19.1. The van der Waals surface area contributed by atoms with Gasteiger partial charge in [-0.1, -0.05) is 60.7 Å². The first-order valence-corrected chi connectivity index (χ1v) is 15.5. The van der Waals surface area contributed by atoms with Crippen molar-refractivity contribution in [1.82, 2.24) is 19.4 Å². The van der Waals surface area contributed by atoms with E-state index in [4.69, 9.17) is 16.5 Å². The number of nitrogens with one attached hydrogen (secondary N) is 3. The molecular formula is C27H22F3N5O7S2. The van der Waals surface area contributed by atoms with Crippen LogP contribution in [0.1, 0.15) is 34.7 Å². The van der Waals surface area contributed by atoms with Gasteiger partial charge in [0, 0.05) is 0 Å². The molecule has 1 aromatic heterocycles. The summed E-state index contributed by atoms with van der Waals surface area (Å²) in [5, 5.41) is 6.16. The van der Waals surface area contributed by atoms with E-state index in [1.807, 2.05) is 22.9 Å². The maximum Gasteiger partial charge on any atom is 0.490 e. The van der Waals surface area contributed by atoms with Crippen molar-refractivity contribution in [2.75, 3.05) is 0 Å².